The van der Waals surface area contributed by atoms with Crippen molar-refractivity contribution in [2.45, 2.75) is 0 Å². The van der Waals surface area contributed by atoms with Crippen LogP contribution in [0.5, 0.6) is 0 Å². The maximum Gasteiger partial charge on any atom is 1.00 e. The Morgan fingerprint density at radius 2 is 2.17 bits per heavy atom. The molecule has 1 amide bonds. The molecule has 1 aliphatic rings. The van der Waals surface area contributed by atoms with E-state index in [9.17, 15) is 9.90 Å². The normalized spacial score (nSPS) is 13.0. The summed E-state index contributed by atoms with van der Waals surface area (Å²) < 4.78 is 0. The molecule has 0 saturated carbocycles. The van der Waals surface area contributed by atoms with Crippen LogP contribution in [0.2, 0.25) is 0 Å². The zero-order valence-corrected chi connectivity index (χ0v) is 9.96. The van der Waals surface area contributed by atoms with Gasteiger partial charge >= 0.3 is 18.9 Å². The molecule has 0 fully saturated rings. The molecule has 5 heteroatoms. The second kappa shape index (κ2) is 4.85. The van der Waals surface area contributed by atoms with Gasteiger partial charge in [0, 0.05) is 23.7 Å². The summed E-state index contributed by atoms with van der Waals surface area (Å²) in [5.74, 6) is 0. The van der Waals surface area contributed by atoms with Gasteiger partial charge in [-0.15, -0.1) is 0 Å². The van der Waals surface area contributed by atoms with Crippen LogP contribution in [-0.4, -0.2) is 17.6 Å². The molecule has 1 aromatic carbocycles. The molecule has 0 radical (unpaired) electrons. The van der Waals surface area contributed by atoms with Crippen LogP contribution in [0.3, 0.4) is 0 Å². The number of fused-ring (bicyclic) bond motifs is 3. The summed E-state index contributed by atoms with van der Waals surface area (Å²) in [5.41, 5.74) is 2.16. The molecular weight excluding hydrogens is 223 g/mol. The number of carboxylic acid groups (broad SMARTS) is 1. The standard InChI is InChI=1S/C13H10N2O2.Li/c16-13(17)15-8-2-4-10-6-5-9-3-1-7-14-11(9)12(10)15;/h1-7H,8H2,(H,16,17);/q;+1/p-1. The minimum absolute atomic E-state index is 0. The SMILES string of the molecule is O=C([O-])N1CC=Cc2ccc3cccnc3c21.[Li+]. The first-order chi connectivity index (χ1) is 8.27. The van der Waals surface area contributed by atoms with Crippen LogP contribution < -0.4 is 28.9 Å². The summed E-state index contributed by atoms with van der Waals surface area (Å²) >= 11 is 0. The van der Waals surface area contributed by atoms with Gasteiger partial charge in [-0.25, -0.2) is 0 Å². The molecule has 2 heterocycles. The Morgan fingerprint density at radius 3 is 2.94 bits per heavy atom. The van der Waals surface area contributed by atoms with Crippen molar-refractivity contribution in [3.8, 4) is 0 Å². The second-order valence-electron chi connectivity index (χ2n) is 3.86. The number of carbonyl (C=O) groups excluding carboxylic acids is 1. The zero-order chi connectivity index (χ0) is 11.8. The number of nitrogens with zero attached hydrogens (tertiary/aromatic N) is 2. The third kappa shape index (κ3) is 1.90. The number of amides is 1. The fourth-order valence-electron chi connectivity index (χ4n) is 2.11. The summed E-state index contributed by atoms with van der Waals surface area (Å²) in [7, 11) is 0. The van der Waals surface area contributed by atoms with Gasteiger partial charge in [0.05, 0.1) is 11.2 Å². The van der Waals surface area contributed by atoms with Gasteiger partial charge in [0.2, 0.25) is 0 Å². The Kier molecular flexibility index (Phi) is 3.42. The van der Waals surface area contributed by atoms with Gasteiger partial charge in [-0.05, 0) is 6.07 Å². The van der Waals surface area contributed by atoms with E-state index in [2.05, 4.69) is 4.98 Å². The van der Waals surface area contributed by atoms with Gasteiger partial charge in [-0.3, -0.25) is 4.98 Å². The zero-order valence-electron chi connectivity index (χ0n) is 9.96. The molecule has 18 heavy (non-hydrogen) atoms. The third-order valence-electron chi connectivity index (χ3n) is 2.85. The van der Waals surface area contributed by atoms with Crippen molar-refractivity contribution in [2.24, 2.45) is 0 Å². The molecule has 2 aromatic rings. The van der Waals surface area contributed by atoms with Crippen LogP contribution in [0.4, 0.5) is 10.5 Å². The molecule has 0 saturated heterocycles. The monoisotopic (exact) mass is 232 g/mol. The molecule has 84 valence electrons. The van der Waals surface area contributed by atoms with Crippen molar-refractivity contribution in [1.29, 1.82) is 0 Å². The Hall–Kier alpha value is -1.76. The summed E-state index contributed by atoms with van der Waals surface area (Å²) in [6.45, 7) is 0.311. The first-order valence-electron chi connectivity index (χ1n) is 5.30. The van der Waals surface area contributed by atoms with E-state index in [4.69, 9.17) is 0 Å². The van der Waals surface area contributed by atoms with Gasteiger partial charge < -0.3 is 14.8 Å². The second-order valence-corrected chi connectivity index (χ2v) is 3.86. The van der Waals surface area contributed by atoms with Crippen molar-refractivity contribution in [2.75, 3.05) is 11.4 Å². The average Bonchev–Trinajstić information content (AvgIpc) is 2.37. The number of hydrogen-bond donors (Lipinski definition) is 0. The average molecular weight is 232 g/mol. The number of hydrogen-bond acceptors (Lipinski definition) is 3. The van der Waals surface area contributed by atoms with E-state index in [0.717, 1.165) is 10.9 Å². The Morgan fingerprint density at radius 1 is 1.33 bits per heavy atom. The number of carbonyl (C=O) groups is 1. The van der Waals surface area contributed by atoms with Crippen LogP contribution in [0, 0.1) is 0 Å². The molecule has 0 bridgehead atoms. The number of benzene rings is 1. The largest absolute Gasteiger partial charge is 1.00 e. The molecule has 0 spiro atoms. The maximum absolute atomic E-state index is 11.1. The molecule has 0 unspecified atom stereocenters. The minimum Gasteiger partial charge on any atom is -0.530 e. The molecule has 4 nitrogen and oxygen atoms in total. The topological polar surface area (TPSA) is 56.3 Å². The number of anilines is 1. The Bertz CT molecular complexity index is 640. The number of rotatable bonds is 0. The summed E-state index contributed by atoms with van der Waals surface area (Å²) in [6.07, 6.45) is 4.17. The van der Waals surface area contributed by atoms with Gasteiger partial charge in [0.15, 0.2) is 0 Å². The van der Waals surface area contributed by atoms with E-state index in [-0.39, 0.29) is 18.9 Å². The molecule has 1 aromatic heterocycles. The van der Waals surface area contributed by atoms with Gasteiger partial charge in [0.25, 0.3) is 0 Å². The fourth-order valence-corrected chi connectivity index (χ4v) is 2.11. The van der Waals surface area contributed by atoms with E-state index in [1.807, 2.05) is 30.3 Å². The molecule has 3 rings (SSSR count). The van der Waals surface area contributed by atoms with Crippen LogP contribution in [0.15, 0.2) is 36.5 Å². The van der Waals surface area contributed by atoms with Crippen molar-refractivity contribution in [3.63, 3.8) is 0 Å². The van der Waals surface area contributed by atoms with E-state index in [1.165, 1.54) is 4.90 Å². The summed E-state index contributed by atoms with van der Waals surface area (Å²) in [5, 5.41) is 12.0. The first kappa shape index (κ1) is 12.7. The minimum atomic E-state index is -1.20. The van der Waals surface area contributed by atoms with Gasteiger partial charge in [-0.2, -0.15) is 0 Å². The van der Waals surface area contributed by atoms with Crippen LogP contribution in [0.25, 0.3) is 17.0 Å². The van der Waals surface area contributed by atoms with Gasteiger partial charge in [-0.1, -0.05) is 30.4 Å². The van der Waals surface area contributed by atoms with Crippen LogP contribution in [-0.2, 0) is 0 Å². The quantitative estimate of drug-likeness (QED) is 0.515. The fraction of sp³-hybridized carbons (Fsp3) is 0.0769. The van der Waals surface area contributed by atoms with E-state index in [1.54, 1.807) is 12.3 Å². The van der Waals surface area contributed by atoms with Crippen molar-refractivity contribution < 1.29 is 28.8 Å². The first-order valence-corrected chi connectivity index (χ1v) is 5.30. The van der Waals surface area contributed by atoms with E-state index in [0.29, 0.717) is 17.7 Å². The maximum atomic E-state index is 11.1. The summed E-state index contributed by atoms with van der Waals surface area (Å²) in [6, 6.07) is 7.57. The predicted molar refractivity (Wildman–Crippen MR) is 63.5 cm³/mol. The third-order valence-corrected chi connectivity index (χ3v) is 2.85. The molecular formula is C13H9LiN2O2. The van der Waals surface area contributed by atoms with Crippen molar-refractivity contribution in [1.82, 2.24) is 4.98 Å². The van der Waals surface area contributed by atoms with Gasteiger partial charge in [0.1, 0.15) is 6.09 Å². The summed E-state index contributed by atoms with van der Waals surface area (Å²) in [4.78, 5) is 16.6. The number of pyridine rings is 1. The smallest absolute Gasteiger partial charge is 0.530 e. The molecule has 0 atom stereocenters. The Balaban J connectivity index is 0.00000120. The molecule has 1 aliphatic heterocycles. The van der Waals surface area contributed by atoms with Crippen molar-refractivity contribution in [3.05, 3.63) is 42.1 Å². The molecule has 0 aliphatic carbocycles. The Labute approximate surface area is 116 Å². The van der Waals surface area contributed by atoms with Crippen molar-refractivity contribution >= 4 is 28.8 Å². The van der Waals surface area contributed by atoms with Crippen LogP contribution >= 0.6 is 0 Å². The number of aromatic nitrogens is 1. The van der Waals surface area contributed by atoms with E-state index >= 15 is 0 Å². The van der Waals surface area contributed by atoms with Crippen LogP contribution in [0.1, 0.15) is 5.56 Å². The predicted octanol–water partition coefficient (Wildman–Crippen LogP) is -1.58. The van der Waals surface area contributed by atoms with E-state index < -0.39 is 6.09 Å². The molecule has 0 N–H and O–H groups in total.